The van der Waals surface area contributed by atoms with Crippen LogP contribution in [0.25, 0.3) is 0 Å². The van der Waals surface area contributed by atoms with Crippen molar-refractivity contribution in [1.29, 1.82) is 0 Å². The first-order chi connectivity index (χ1) is 4.81. The lowest BCUT2D eigenvalue weighted by Gasteiger charge is -2.10. The SMILES string of the molecule is CONC(C)CCCCN. The van der Waals surface area contributed by atoms with Crippen molar-refractivity contribution in [3.8, 4) is 0 Å². The predicted octanol–water partition coefficient (Wildman–Crippen LogP) is 0.655. The van der Waals surface area contributed by atoms with Gasteiger partial charge in [-0.1, -0.05) is 6.42 Å². The molecule has 0 aromatic heterocycles. The van der Waals surface area contributed by atoms with Gasteiger partial charge < -0.3 is 10.6 Å². The maximum Gasteiger partial charge on any atom is 0.0572 e. The van der Waals surface area contributed by atoms with Crippen molar-refractivity contribution < 1.29 is 4.84 Å². The summed E-state index contributed by atoms with van der Waals surface area (Å²) in [6.07, 6.45) is 3.41. The summed E-state index contributed by atoms with van der Waals surface area (Å²) in [5.41, 5.74) is 8.20. The summed E-state index contributed by atoms with van der Waals surface area (Å²) in [4.78, 5) is 4.75. The predicted molar refractivity (Wildman–Crippen MR) is 42.5 cm³/mol. The van der Waals surface area contributed by atoms with Gasteiger partial charge >= 0.3 is 0 Å². The lowest BCUT2D eigenvalue weighted by atomic mass is 10.1. The minimum Gasteiger partial charge on any atom is -0.330 e. The first-order valence-corrected chi connectivity index (χ1v) is 3.79. The lowest BCUT2D eigenvalue weighted by molar-refractivity contribution is 0.0629. The normalized spacial score (nSPS) is 13.5. The second kappa shape index (κ2) is 6.99. The molecule has 1 unspecified atom stereocenters. The van der Waals surface area contributed by atoms with Crippen molar-refractivity contribution in [2.75, 3.05) is 13.7 Å². The highest BCUT2D eigenvalue weighted by molar-refractivity contribution is 4.54. The fourth-order valence-electron chi connectivity index (χ4n) is 0.855. The van der Waals surface area contributed by atoms with Gasteiger partial charge in [-0.2, -0.15) is 0 Å². The number of hydroxylamine groups is 1. The third kappa shape index (κ3) is 6.01. The Hall–Kier alpha value is -0.120. The van der Waals surface area contributed by atoms with Crippen molar-refractivity contribution in [1.82, 2.24) is 5.48 Å². The summed E-state index contributed by atoms with van der Waals surface area (Å²) in [6, 6.07) is 0.441. The third-order valence-electron chi connectivity index (χ3n) is 1.41. The van der Waals surface area contributed by atoms with E-state index in [1.54, 1.807) is 7.11 Å². The van der Waals surface area contributed by atoms with E-state index in [0.29, 0.717) is 6.04 Å². The molecule has 0 bridgehead atoms. The lowest BCUT2D eigenvalue weighted by Crippen LogP contribution is -2.24. The van der Waals surface area contributed by atoms with Gasteiger partial charge in [0, 0.05) is 6.04 Å². The molecule has 62 valence electrons. The average Bonchev–Trinajstić information content (AvgIpc) is 1.89. The zero-order chi connectivity index (χ0) is 7.82. The van der Waals surface area contributed by atoms with Gasteiger partial charge in [0.1, 0.15) is 0 Å². The number of rotatable bonds is 6. The van der Waals surface area contributed by atoms with Crippen molar-refractivity contribution in [2.45, 2.75) is 32.2 Å². The summed E-state index contributed by atoms with van der Waals surface area (Å²) in [5, 5.41) is 0. The van der Waals surface area contributed by atoms with Crippen LogP contribution in [0.15, 0.2) is 0 Å². The average molecular weight is 146 g/mol. The molecule has 0 radical (unpaired) electrons. The fraction of sp³-hybridized carbons (Fsp3) is 1.00. The molecule has 0 heterocycles. The van der Waals surface area contributed by atoms with Gasteiger partial charge in [-0.15, -0.1) is 0 Å². The number of unbranched alkanes of at least 4 members (excludes halogenated alkanes) is 1. The summed E-state index contributed by atoms with van der Waals surface area (Å²) in [6.45, 7) is 2.89. The second-order valence-corrected chi connectivity index (χ2v) is 2.51. The van der Waals surface area contributed by atoms with Crippen LogP contribution in [0.2, 0.25) is 0 Å². The van der Waals surface area contributed by atoms with E-state index in [4.69, 9.17) is 10.6 Å². The minimum absolute atomic E-state index is 0.441. The van der Waals surface area contributed by atoms with Crippen molar-refractivity contribution >= 4 is 0 Å². The van der Waals surface area contributed by atoms with Gasteiger partial charge in [0.05, 0.1) is 7.11 Å². The van der Waals surface area contributed by atoms with E-state index in [-0.39, 0.29) is 0 Å². The molecule has 3 nitrogen and oxygen atoms in total. The zero-order valence-corrected chi connectivity index (χ0v) is 6.89. The number of nitrogens with two attached hydrogens (primary N) is 1. The number of hydrogen-bond acceptors (Lipinski definition) is 3. The molecule has 0 spiro atoms. The van der Waals surface area contributed by atoms with Crippen LogP contribution in [0.5, 0.6) is 0 Å². The van der Waals surface area contributed by atoms with E-state index in [2.05, 4.69) is 12.4 Å². The molecule has 0 saturated heterocycles. The van der Waals surface area contributed by atoms with Gasteiger partial charge in [0.25, 0.3) is 0 Å². The van der Waals surface area contributed by atoms with Gasteiger partial charge in [-0.3, -0.25) is 0 Å². The van der Waals surface area contributed by atoms with Crippen LogP contribution in [-0.4, -0.2) is 19.7 Å². The maximum absolute atomic E-state index is 5.34. The van der Waals surface area contributed by atoms with Gasteiger partial charge in [0.2, 0.25) is 0 Å². The smallest absolute Gasteiger partial charge is 0.0572 e. The topological polar surface area (TPSA) is 47.3 Å². The molecule has 0 aliphatic heterocycles. The van der Waals surface area contributed by atoms with E-state index >= 15 is 0 Å². The van der Waals surface area contributed by atoms with Gasteiger partial charge in [0.15, 0.2) is 0 Å². The van der Waals surface area contributed by atoms with Crippen molar-refractivity contribution in [3.05, 3.63) is 0 Å². The molecular formula is C7H18N2O. The van der Waals surface area contributed by atoms with Crippen molar-refractivity contribution in [3.63, 3.8) is 0 Å². The molecule has 0 rings (SSSR count). The fourth-order valence-corrected chi connectivity index (χ4v) is 0.855. The Morgan fingerprint density at radius 3 is 2.70 bits per heavy atom. The quantitative estimate of drug-likeness (QED) is 0.427. The van der Waals surface area contributed by atoms with Gasteiger partial charge in [-0.05, 0) is 26.3 Å². The highest BCUT2D eigenvalue weighted by Gasteiger charge is 1.97. The molecule has 0 fully saturated rings. The molecular weight excluding hydrogens is 128 g/mol. The van der Waals surface area contributed by atoms with Crippen LogP contribution < -0.4 is 11.2 Å². The van der Waals surface area contributed by atoms with E-state index in [9.17, 15) is 0 Å². The number of hydrogen-bond donors (Lipinski definition) is 2. The molecule has 0 aliphatic rings. The van der Waals surface area contributed by atoms with Crippen LogP contribution in [0, 0.1) is 0 Å². The third-order valence-corrected chi connectivity index (χ3v) is 1.41. The standard InChI is InChI=1S/C7H18N2O/c1-7(9-10-2)5-3-4-6-8/h7,9H,3-6,8H2,1-2H3. The van der Waals surface area contributed by atoms with Crippen LogP contribution in [0.1, 0.15) is 26.2 Å². The highest BCUT2D eigenvalue weighted by Crippen LogP contribution is 1.98. The summed E-state index contributed by atoms with van der Waals surface area (Å²) >= 11 is 0. The Morgan fingerprint density at radius 2 is 2.20 bits per heavy atom. The van der Waals surface area contributed by atoms with E-state index in [1.165, 1.54) is 6.42 Å². The van der Waals surface area contributed by atoms with Gasteiger partial charge in [-0.25, -0.2) is 5.48 Å². The largest absolute Gasteiger partial charge is 0.330 e. The summed E-state index contributed by atoms with van der Waals surface area (Å²) in [5.74, 6) is 0. The van der Waals surface area contributed by atoms with Crippen LogP contribution in [-0.2, 0) is 4.84 Å². The Bertz CT molecular complexity index is 68.6. The molecule has 0 aromatic rings. The summed E-state index contributed by atoms with van der Waals surface area (Å²) < 4.78 is 0. The minimum atomic E-state index is 0.441. The van der Waals surface area contributed by atoms with E-state index < -0.39 is 0 Å². The Kier molecular flexibility index (Phi) is 6.91. The van der Waals surface area contributed by atoms with Crippen LogP contribution >= 0.6 is 0 Å². The number of nitrogens with one attached hydrogen (secondary N) is 1. The van der Waals surface area contributed by atoms with E-state index in [1.807, 2.05) is 0 Å². The maximum atomic E-state index is 5.34. The van der Waals surface area contributed by atoms with E-state index in [0.717, 1.165) is 19.4 Å². The first kappa shape index (κ1) is 9.88. The Balaban J connectivity index is 2.97. The first-order valence-electron chi connectivity index (χ1n) is 3.79. The zero-order valence-electron chi connectivity index (χ0n) is 6.89. The molecule has 10 heavy (non-hydrogen) atoms. The van der Waals surface area contributed by atoms with Crippen LogP contribution in [0.4, 0.5) is 0 Å². The Morgan fingerprint density at radius 1 is 1.50 bits per heavy atom. The molecule has 3 heteroatoms. The Labute approximate surface area is 62.9 Å². The molecule has 0 aliphatic carbocycles. The van der Waals surface area contributed by atoms with Crippen LogP contribution in [0.3, 0.4) is 0 Å². The highest BCUT2D eigenvalue weighted by atomic mass is 16.6. The summed E-state index contributed by atoms with van der Waals surface area (Å²) in [7, 11) is 1.64. The monoisotopic (exact) mass is 146 g/mol. The molecule has 0 amide bonds. The molecule has 0 saturated carbocycles. The second-order valence-electron chi connectivity index (χ2n) is 2.51. The molecule has 1 atom stereocenters. The molecule has 3 N–H and O–H groups in total. The van der Waals surface area contributed by atoms with Crippen molar-refractivity contribution in [2.24, 2.45) is 5.73 Å². The molecule has 0 aromatic carbocycles.